The number of nitrogens with zero attached hydrogens (tertiary/aromatic N) is 4. The van der Waals surface area contributed by atoms with Crippen molar-refractivity contribution in [3.05, 3.63) is 107 Å². The maximum Gasteiger partial charge on any atom is 0.260 e. The molecule has 0 aromatic heterocycles. The lowest BCUT2D eigenvalue weighted by Gasteiger charge is -2.29. The molecule has 19 heteroatoms. The van der Waals surface area contributed by atoms with Crippen molar-refractivity contribution in [3.63, 3.8) is 0 Å². The number of benzene rings is 4. The predicted molar refractivity (Wildman–Crippen MR) is 298 cm³/mol. The van der Waals surface area contributed by atoms with Crippen LogP contribution in [0.2, 0.25) is 0 Å². The molecule has 0 fully saturated rings. The van der Waals surface area contributed by atoms with E-state index in [4.69, 9.17) is 39.4 Å². The fourth-order valence-electron chi connectivity index (χ4n) is 9.53. The van der Waals surface area contributed by atoms with Gasteiger partial charge in [-0.25, -0.2) is 0 Å². The lowest BCUT2D eigenvalue weighted by atomic mass is 9.91. The number of fused-ring (bicyclic) bond motifs is 4. The molecule has 0 radical (unpaired) electrons. The first kappa shape index (κ1) is 56.2. The van der Waals surface area contributed by atoms with Crippen molar-refractivity contribution in [2.75, 3.05) is 39.9 Å². The van der Waals surface area contributed by atoms with Gasteiger partial charge in [-0.3, -0.25) is 34.0 Å². The van der Waals surface area contributed by atoms with Crippen LogP contribution in [0.3, 0.4) is 0 Å². The Hall–Kier alpha value is -8.03. The minimum atomic E-state index is -1.13. The smallest absolute Gasteiger partial charge is 0.260 e. The minimum absolute atomic E-state index is 0.194. The second-order valence-electron chi connectivity index (χ2n) is 21.4. The summed E-state index contributed by atoms with van der Waals surface area (Å²) in [5.74, 6) is 0.115. The van der Waals surface area contributed by atoms with Gasteiger partial charge >= 0.3 is 0 Å². The number of hydrogen-bond donors (Lipinski definition) is 4. The molecule has 0 saturated heterocycles. The van der Waals surface area contributed by atoms with Crippen LogP contribution in [0.4, 0.5) is 17.1 Å². The predicted octanol–water partition coefficient (Wildman–Crippen LogP) is 8.56. The number of methoxy groups -OCH3 is 3. The Balaban J connectivity index is 0.832. The molecule has 5 amide bonds. The Bertz CT molecular complexity index is 3060. The number of amides is 5. The number of carbonyl (C=O) groups is 5. The Morgan fingerprint density at radius 3 is 1.77 bits per heavy atom. The van der Waals surface area contributed by atoms with E-state index in [1.807, 2.05) is 83.4 Å². The molecule has 0 aliphatic carbocycles. The zero-order valence-electron chi connectivity index (χ0n) is 45.9. The van der Waals surface area contributed by atoms with Crippen molar-refractivity contribution >= 4 is 70.2 Å². The Labute approximate surface area is 455 Å². The highest BCUT2D eigenvalue weighted by atomic mass is 17.2. The second kappa shape index (κ2) is 23.7. The van der Waals surface area contributed by atoms with Crippen molar-refractivity contribution in [2.24, 2.45) is 27.1 Å². The SMILES string of the molecule is CCCC(C)(N)C(=O)NC(C(=O)NC(C)C(=O)Nc1ccc(C2=CN3C(=O)c4cc(OC)c(OCC(C)(C)CCOOc5cc6c(cc5OC)C(=O)N5C=C(c7ccc(OC)cc7)C[C@H]5C=N6)cc4N=CC3C2)cc1)C(C)C. The molecule has 5 N–H and O–H groups in total. The number of anilines is 1. The second-order valence-corrected chi connectivity index (χ2v) is 21.4. The number of aliphatic imine (C=N–C) groups is 2. The lowest BCUT2D eigenvalue weighted by Crippen LogP contribution is -2.59. The van der Waals surface area contributed by atoms with Gasteiger partial charge in [0.25, 0.3) is 11.8 Å². The monoisotopic (exact) mass is 1070 g/mol. The molecule has 4 aliphatic rings. The molecule has 5 atom stereocenters. The van der Waals surface area contributed by atoms with Crippen molar-refractivity contribution in [3.8, 4) is 28.7 Å². The van der Waals surface area contributed by atoms with E-state index in [1.54, 1.807) is 79.6 Å². The normalized spacial score (nSPS) is 17.9. The van der Waals surface area contributed by atoms with E-state index in [1.165, 1.54) is 14.2 Å². The Morgan fingerprint density at radius 1 is 0.705 bits per heavy atom. The molecule has 8 rings (SSSR count). The van der Waals surface area contributed by atoms with E-state index in [-0.39, 0.29) is 48.8 Å². The molecule has 4 unspecified atom stereocenters. The van der Waals surface area contributed by atoms with Gasteiger partial charge in [0.15, 0.2) is 17.2 Å². The number of rotatable bonds is 22. The highest BCUT2D eigenvalue weighted by molar-refractivity contribution is 6.07. The molecular weight excluding hydrogens is 997 g/mol. The number of carbonyl (C=O) groups excluding carboxylic acids is 5. The third kappa shape index (κ3) is 12.5. The van der Waals surface area contributed by atoms with Crippen LogP contribution in [0.1, 0.15) is 112 Å². The Kier molecular flexibility index (Phi) is 17.1. The average molecular weight is 1070 g/mol. The maximum absolute atomic E-state index is 14.2. The van der Waals surface area contributed by atoms with Gasteiger partial charge < -0.3 is 55.3 Å². The molecule has 0 bridgehead atoms. The molecule has 4 aromatic carbocycles. The lowest BCUT2D eigenvalue weighted by molar-refractivity contribution is -0.212. The maximum atomic E-state index is 14.2. The highest BCUT2D eigenvalue weighted by Gasteiger charge is 2.37. The van der Waals surface area contributed by atoms with Crippen LogP contribution in [-0.2, 0) is 19.3 Å². The van der Waals surface area contributed by atoms with E-state index < -0.39 is 40.8 Å². The summed E-state index contributed by atoms with van der Waals surface area (Å²) in [5, 5.41) is 8.33. The molecule has 4 aromatic rings. The molecule has 4 heterocycles. The average Bonchev–Trinajstić information content (AvgIpc) is 4.01. The third-order valence-electron chi connectivity index (χ3n) is 14.3. The molecule has 0 spiro atoms. The van der Waals surface area contributed by atoms with Crippen molar-refractivity contribution in [1.29, 1.82) is 0 Å². The first-order valence-corrected chi connectivity index (χ1v) is 26.2. The molecule has 78 heavy (non-hydrogen) atoms. The first-order valence-electron chi connectivity index (χ1n) is 26.2. The zero-order valence-corrected chi connectivity index (χ0v) is 45.9. The van der Waals surface area contributed by atoms with Crippen molar-refractivity contribution < 1.29 is 52.7 Å². The largest absolute Gasteiger partial charge is 0.497 e. The van der Waals surface area contributed by atoms with E-state index in [0.29, 0.717) is 77.5 Å². The van der Waals surface area contributed by atoms with Gasteiger partial charge in [-0.2, -0.15) is 4.89 Å². The molecule has 19 nitrogen and oxygen atoms in total. The van der Waals surface area contributed by atoms with Crippen LogP contribution in [0, 0.1) is 11.3 Å². The van der Waals surface area contributed by atoms with Gasteiger partial charge in [0.05, 0.1) is 74.7 Å². The van der Waals surface area contributed by atoms with Crippen LogP contribution >= 0.6 is 0 Å². The summed E-state index contributed by atoms with van der Waals surface area (Å²) < 4.78 is 23.0. The fraction of sp³-hybridized carbons (Fsp3) is 0.407. The molecule has 412 valence electrons. The van der Waals surface area contributed by atoms with Gasteiger partial charge in [-0.1, -0.05) is 65.3 Å². The zero-order chi connectivity index (χ0) is 56.1. The summed E-state index contributed by atoms with van der Waals surface area (Å²) in [6, 6.07) is 19.2. The quantitative estimate of drug-likeness (QED) is 0.0329. The fourth-order valence-corrected chi connectivity index (χ4v) is 9.53. The molecule has 0 saturated carbocycles. The van der Waals surface area contributed by atoms with Crippen LogP contribution in [0.25, 0.3) is 11.1 Å². The number of nitrogens with one attached hydrogen (secondary N) is 3. The molecular formula is C59H70N8O11. The van der Waals surface area contributed by atoms with E-state index in [9.17, 15) is 24.0 Å². The van der Waals surface area contributed by atoms with Crippen LogP contribution in [0.5, 0.6) is 28.7 Å². The number of nitrogens with two attached hydrogens (primary N) is 1. The summed E-state index contributed by atoms with van der Waals surface area (Å²) in [5.41, 5.74) is 10.6. The van der Waals surface area contributed by atoms with Crippen molar-refractivity contribution in [2.45, 2.75) is 110 Å². The third-order valence-corrected chi connectivity index (χ3v) is 14.3. The molecule has 4 aliphatic heterocycles. The van der Waals surface area contributed by atoms with Gasteiger partial charge in [-0.15, -0.1) is 0 Å². The van der Waals surface area contributed by atoms with E-state index in [0.717, 1.165) is 28.0 Å². The van der Waals surface area contributed by atoms with Gasteiger partial charge in [0, 0.05) is 60.9 Å². The van der Waals surface area contributed by atoms with Gasteiger partial charge in [0.2, 0.25) is 23.5 Å². The summed E-state index contributed by atoms with van der Waals surface area (Å²) in [6.45, 7) is 13.3. The highest BCUT2D eigenvalue weighted by Crippen LogP contribution is 2.42. The summed E-state index contributed by atoms with van der Waals surface area (Å²) >= 11 is 0. The first-order chi connectivity index (χ1) is 37.2. The van der Waals surface area contributed by atoms with Gasteiger partial charge in [-0.05, 0) is 91.3 Å². The van der Waals surface area contributed by atoms with Crippen molar-refractivity contribution in [1.82, 2.24) is 20.4 Å². The standard InChI is InChI=1S/C59H70N8O11/c1-11-20-59(7,60)57(72)65-52(34(2)3)54(69)63-35(4)53(68)64-40-16-12-36(13-17-40)38-23-41-29-61-46-27-50(48(74-9)25-44(46)55(70)66(41)31-38)76-33-58(5,6)21-22-77-78-51-28-47-45(26-49(51)75-10)56(71)67-32-39(24-42(67)30-62-47)37-14-18-43(73-8)19-15-37/h12-19,25-32,34-35,41-42,52H,11,20-24,33,60H2,1-10H3,(H,63,69)(H,64,68)(H,65,72)/t35?,41?,42-,52?,59?/m0/s1. The number of hydrogen-bond acceptors (Lipinski definition) is 14. The van der Waals surface area contributed by atoms with Crippen LogP contribution < -0.4 is 45.5 Å². The summed E-state index contributed by atoms with van der Waals surface area (Å²) in [7, 11) is 4.64. The number of ether oxygens (including phenoxy) is 4. The van der Waals surface area contributed by atoms with E-state index in [2.05, 4.69) is 20.9 Å². The van der Waals surface area contributed by atoms with E-state index >= 15 is 0 Å². The topological polar surface area (TPSA) is 234 Å². The Morgan fingerprint density at radius 2 is 1.24 bits per heavy atom. The summed E-state index contributed by atoms with van der Waals surface area (Å²) in [6.07, 6.45) is 10.0. The van der Waals surface area contributed by atoms with Crippen LogP contribution in [0.15, 0.2) is 95.2 Å². The van der Waals surface area contributed by atoms with Gasteiger partial charge in [0.1, 0.15) is 17.8 Å². The van der Waals surface area contributed by atoms with Crippen LogP contribution in [-0.4, -0.2) is 116 Å². The minimum Gasteiger partial charge on any atom is -0.497 e. The summed E-state index contributed by atoms with van der Waals surface area (Å²) in [4.78, 5) is 91.6.